The lowest BCUT2D eigenvalue weighted by atomic mass is 10.0. The van der Waals surface area contributed by atoms with E-state index >= 15 is 0 Å². The lowest BCUT2D eigenvalue weighted by molar-refractivity contribution is -0.258. The Morgan fingerprint density at radius 1 is 1.16 bits per heavy atom. The van der Waals surface area contributed by atoms with Crippen molar-refractivity contribution in [1.29, 1.82) is 0 Å². The molecule has 0 unspecified atom stereocenters. The highest BCUT2D eigenvalue weighted by Crippen LogP contribution is 2.33. The Hall–Kier alpha value is -1.86. The normalized spacial score (nSPS) is 19.7. The maximum absolute atomic E-state index is 12.8. The van der Waals surface area contributed by atoms with Crippen LogP contribution in [0.25, 0.3) is 11.4 Å². The number of likely N-dealkylation sites (tertiary alicyclic amines) is 1. The summed E-state index contributed by atoms with van der Waals surface area (Å²) in [7, 11) is 0. The van der Waals surface area contributed by atoms with Crippen LogP contribution in [-0.4, -0.2) is 51.0 Å². The lowest BCUT2D eigenvalue weighted by Crippen LogP contribution is -2.52. The molecule has 25 heavy (non-hydrogen) atoms. The topological polar surface area (TPSA) is 41.3 Å². The maximum atomic E-state index is 12.8. The third-order valence-corrected chi connectivity index (χ3v) is 4.79. The molecule has 1 saturated heterocycles. The summed E-state index contributed by atoms with van der Waals surface area (Å²) in [5.41, 5.74) is -1.65. The van der Waals surface area contributed by atoms with Gasteiger partial charge in [-0.05, 0) is 19.8 Å². The number of halogens is 3. The zero-order chi connectivity index (χ0) is 18.1. The fourth-order valence-corrected chi connectivity index (χ4v) is 3.30. The van der Waals surface area contributed by atoms with Gasteiger partial charge in [0.05, 0.1) is 0 Å². The Morgan fingerprint density at radius 2 is 1.80 bits per heavy atom. The van der Waals surface area contributed by atoms with Gasteiger partial charge in [-0.25, -0.2) is 4.98 Å². The molecule has 0 saturated carbocycles. The number of aliphatic hydroxyl groups is 1. The summed E-state index contributed by atoms with van der Waals surface area (Å²) in [4.78, 5) is 6.12. The number of hydrogen-bond donors (Lipinski definition) is 1. The molecule has 136 valence electrons. The fraction of sp³-hybridized carbons (Fsp3) is 0.500. The van der Waals surface area contributed by atoms with Crippen LogP contribution in [0.15, 0.2) is 42.7 Å². The van der Waals surface area contributed by atoms with E-state index in [-0.39, 0.29) is 6.04 Å². The molecule has 3 rings (SSSR count). The second-order valence-corrected chi connectivity index (χ2v) is 6.80. The van der Waals surface area contributed by atoms with Crippen molar-refractivity contribution in [2.24, 2.45) is 0 Å². The van der Waals surface area contributed by atoms with Crippen LogP contribution in [0.1, 0.15) is 25.8 Å². The number of imidazole rings is 1. The third-order valence-electron chi connectivity index (χ3n) is 4.79. The van der Waals surface area contributed by atoms with Gasteiger partial charge in [0, 0.05) is 43.6 Å². The van der Waals surface area contributed by atoms with E-state index in [9.17, 15) is 18.3 Å². The minimum absolute atomic E-state index is 0.199. The molecule has 2 heterocycles. The minimum atomic E-state index is -4.62. The maximum Gasteiger partial charge on any atom is 0.418 e. The van der Waals surface area contributed by atoms with Crippen molar-refractivity contribution in [1.82, 2.24) is 14.5 Å². The molecule has 4 nitrogen and oxygen atoms in total. The molecule has 1 N–H and O–H groups in total. The highest BCUT2D eigenvalue weighted by Gasteiger charge is 2.50. The van der Waals surface area contributed by atoms with Crippen LogP contribution in [-0.2, 0) is 0 Å². The molecule has 1 aliphatic heterocycles. The Kier molecular flexibility index (Phi) is 4.88. The van der Waals surface area contributed by atoms with E-state index in [1.54, 1.807) is 11.1 Å². The largest absolute Gasteiger partial charge is 0.418 e. The third kappa shape index (κ3) is 3.88. The molecular formula is C18H22F3N3O. The molecule has 0 aliphatic carbocycles. The molecule has 0 spiro atoms. The number of rotatable bonds is 4. The summed E-state index contributed by atoms with van der Waals surface area (Å²) < 4.78 is 40.6. The number of hydrogen-bond acceptors (Lipinski definition) is 3. The predicted molar refractivity (Wildman–Crippen MR) is 89.1 cm³/mol. The number of β-amino-alcohol motifs (C(OH)–C–C–N with tert-alkyl or cyclic N) is 1. The summed E-state index contributed by atoms with van der Waals surface area (Å²) in [6, 6.07) is 10.0. The van der Waals surface area contributed by atoms with Gasteiger partial charge in [-0.15, -0.1) is 0 Å². The van der Waals surface area contributed by atoms with E-state index in [0.717, 1.165) is 31.2 Å². The van der Waals surface area contributed by atoms with E-state index in [1.807, 2.05) is 36.5 Å². The average Bonchev–Trinajstić information content (AvgIpc) is 3.04. The number of aromatic nitrogens is 2. The number of piperidine rings is 1. The molecule has 1 aromatic carbocycles. The predicted octanol–water partition coefficient (Wildman–Crippen LogP) is 3.50. The smallest absolute Gasteiger partial charge is 0.380 e. The molecule has 0 amide bonds. The monoisotopic (exact) mass is 353 g/mol. The molecule has 7 heteroatoms. The van der Waals surface area contributed by atoms with Crippen LogP contribution in [0.2, 0.25) is 0 Å². The molecule has 1 aliphatic rings. The first-order chi connectivity index (χ1) is 11.8. The van der Waals surface area contributed by atoms with E-state index in [1.165, 1.54) is 0 Å². The van der Waals surface area contributed by atoms with Crippen molar-refractivity contribution in [3.05, 3.63) is 42.7 Å². The summed E-state index contributed by atoms with van der Waals surface area (Å²) in [5, 5.41) is 9.66. The first kappa shape index (κ1) is 17.9. The van der Waals surface area contributed by atoms with Gasteiger partial charge in [0.1, 0.15) is 5.82 Å². The van der Waals surface area contributed by atoms with Crippen molar-refractivity contribution in [2.45, 2.75) is 37.6 Å². The molecule has 1 fully saturated rings. The standard InChI is InChI=1S/C18H22F3N3O/c1-17(25,18(19,20)21)13-23-10-7-15(8-11-23)24-12-9-22-16(24)14-5-3-2-4-6-14/h2-6,9,12,15,25H,7-8,10-11,13H2,1H3/t17-/m1/s1. The van der Waals surface area contributed by atoms with Gasteiger partial charge in [0.15, 0.2) is 5.60 Å². The van der Waals surface area contributed by atoms with E-state index in [4.69, 9.17) is 0 Å². The van der Waals surface area contributed by atoms with Crippen molar-refractivity contribution >= 4 is 0 Å². The minimum Gasteiger partial charge on any atom is -0.380 e. The van der Waals surface area contributed by atoms with Crippen molar-refractivity contribution in [3.63, 3.8) is 0 Å². The summed E-state index contributed by atoms with van der Waals surface area (Å²) in [5.74, 6) is 0.876. The van der Waals surface area contributed by atoms with Crippen LogP contribution in [0, 0.1) is 0 Å². The Labute approximate surface area is 144 Å². The van der Waals surface area contributed by atoms with Crippen molar-refractivity contribution < 1.29 is 18.3 Å². The van der Waals surface area contributed by atoms with Gasteiger partial charge >= 0.3 is 6.18 Å². The van der Waals surface area contributed by atoms with E-state index in [2.05, 4.69) is 9.55 Å². The summed E-state index contributed by atoms with van der Waals surface area (Å²) >= 11 is 0. The average molecular weight is 353 g/mol. The molecule has 1 aromatic heterocycles. The number of alkyl halides is 3. The van der Waals surface area contributed by atoms with Crippen LogP contribution < -0.4 is 0 Å². The van der Waals surface area contributed by atoms with Gasteiger partial charge in [0.2, 0.25) is 0 Å². The quantitative estimate of drug-likeness (QED) is 0.915. The second kappa shape index (κ2) is 6.80. The molecule has 0 radical (unpaired) electrons. The number of benzene rings is 1. The van der Waals surface area contributed by atoms with Gasteiger partial charge in [0.25, 0.3) is 0 Å². The van der Waals surface area contributed by atoms with Gasteiger partial charge in [-0.1, -0.05) is 30.3 Å². The lowest BCUT2D eigenvalue weighted by Gasteiger charge is -2.37. The van der Waals surface area contributed by atoms with Crippen LogP contribution in [0.5, 0.6) is 0 Å². The zero-order valence-electron chi connectivity index (χ0n) is 14.1. The number of nitrogens with zero attached hydrogens (tertiary/aromatic N) is 3. The highest BCUT2D eigenvalue weighted by atomic mass is 19.4. The second-order valence-electron chi connectivity index (χ2n) is 6.80. The van der Waals surface area contributed by atoms with Gasteiger partial charge < -0.3 is 9.67 Å². The summed E-state index contributed by atoms with van der Waals surface area (Å²) in [6.07, 6.45) is 0.515. The molecule has 0 bridgehead atoms. The highest BCUT2D eigenvalue weighted by molar-refractivity contribution is 5.55. The molecule has 1 atom stereocenters. The van der Waals surface area contributed by atoms with Crippen molar-refractivity contribution in [3.8, 4) is 11.4 Å². The first-order valence-corrected chi connectivity index (χ1v) is 8.38. The Morgan fingerprint density at radius 3 is 2.40 bits per heavy atom. The van der Waals surface area contributed by atoms with Gasteiger partial charge in [-0.3, -0.25) is 4.90 Å². The molecular weight excluding hydrogens is 331 g/mol. The van der Waals surface area contributed by atoms with E-state index < -0.39 is 18.3 Å². The van der Waals surface area contributed by atoms with Crippen LogP contribution >= 0.6 is 0 Å². The fourth-order valence-electron chi connectivity index (χ4n) is 3.30. The SMILES string of the molecule is C[C@@](O)(CN1CCC(n2ccnc2-c2ccccc2)CC1)C(F)(F)F. The summed E-state index contributed by atoms with van der Waals surface area (Å²) in [6.45, 7) is 1.48. The Balaban J connectivity index is 1.65. The van der Waals surface area contributed by atoms with Gasteiger partial charge in [-0.2, -0.15) is 13.2 Å². The zero-order valence-corrected chi connectivity index (χ0v) is 14.1. The van der Waals surface area contributed by atoms with Crippen LogP contribution in [0.4, 0.5) is 13.2 Å². The van der Waals surface area contributed by atoms with Crippen LogP contribution in [0.3, 0.4) is 0 Å². The molecule has 2 aromatic rings. The van der Waals surface area contributed by atoms with E-state index in [0.29, 0.717) is 13.1 Å². The van der Waals surface area contributed by atoms with Crippen molar-refractivity contribution in [2.75, 3.05) is 19.6 Å². The first-order valence-electron chi connectivity index (χ1n) is 8.38. The Bertz CT molecular complexity index is 689.